The maximum absolute atomic E-state index is 9.82. The first-order valence-corrected chi connectivity index (χ1v) is 6.19. The third-order valence-electron chi connectivity index (χ3n) is 2.73. The Hall–Kier alpha value is -0.570. The summed E-state index contributed by atoms with van der Waals surface area (Å²) in [5, 5.41) is 10.6. The largest absolute Gasteiger partial charge is 0.392 e. The minimum absolute atomic E-state index is 0.107. The van der Waals surface area contributed by atoms with E-state index >= 15 is 0 Å². The molecule has 0 fully saturated rings. The molecule has 1 rings (SSSR count). The molecule has 0 radical (unpaired) electrons. The summed E-state index contributed by atoms with van der Waals surface area (Å²) in [5.74, 6) is 0. The summed E-state index contributed by atoms with van der Waals surface area (Å²) < 4.78 is 0. The van der Waals surface area contributed by atoms with E-state index in [1.54, 1.807) is 0 Å². The third-order valence-corrected chi connectivity index (χ3v) is 2.97. The number of aryl methyl sites for hydroxylation is 1. The van der Waals surface area contributed by atoms with E-state index in [0.717, 1.165) is 29.8 Å². The van der Waals surface area contributed by atoms with Crippen molar-refractivity contribution in [3.05, 3.63) is 34.9 Å². The lowest BCUT2D eigenvalue weighted by Gasteiger charge is -2.17. The molecule has 0 saturated heterocycles. The number of aliphatic hydroxyl groups is 1. The second-order valence-corrected chi connectivity index (χ2v) is 4.62. The predicted octanol–water partition coefficient (Wildman–Crippen LogP) is 2.76. The van der Waals surface area contributed by atoms with Gasteiger partial charge in [-0.15, -0.1) is 0 Å². The highest BCUT2D eigenvalue weighted by molar-refractivity contribution is 6.30. The van der Waals surface area contributed by atoms with E-state index in [0.29, 0.717) is 6.42 Å². The van der Waals surface area contributed by atoms with Gasteiger partial charge in [0.15, 0.2) is 0 Å². The molecule has 1 aromatic carbocycles. The van der Waals surface area contributed by atoms with Crippen LogP contribution in [0.4, 0.5) is 0 Å². The molecule has 0 aliphatic carbocycles. The first-order chi connectivity index (χ1) is 7.63. The summed E-state index contributed by atoms with van der Waals surface area (Å²) in [5.41, 5.74) is 6.99. The van der Waals surface area contributed by atoms with Crippen molar-refractivity contribution in [2.24, 2.45) is 5.73 Å². The molecule has 3 N–H and O–H groups in total. The van der Waals surface area contributed by atoms with Crippen LogP contribution in [0.2, 0.25) is 5.02 Å². The lowest BCUT2D eigenvalue weighted by molar-refractivity contribution is 0.131. The Morgan fingerprint density at radius 3 is 2.75 bits per heavy atom. The Morgan fingerprint density at radius 2 is 2.12 bits per heavy atom. The summed E-state index contributed by atoms with van der Waals surface area (Å²) in [6.07, 6.45) is 2.98. The normalized spacial score (nSPS) is 14.8. The highest BCUT2D eigenvalue weighted by atomic mass is 35.5. The fourth-order valence-electron chi connectivity index (χ4n) is 1.75. The lowest BCUT2D eigenvalue weighted by Crippen LogP contribution is -2.34. The number of hydrogen-bond donors (Lipinski definition) is 2. The van der Waals surface area contributed by atoms with E-state index in [1.165, 1.54) is 0 Å². The van der Waals surface area contributed by atoms with E-state index in [2.05, 4.69) is 6.92 Å². The molecule has 0 aromatic heterocycles. The first-order valence-electron chi connectivity index (χ1n) is 5.81. The van der Waals surface area contributed by atoms with Crippen LogP contribution in [0.1, 0.15) is 31.7 Å². The maximum atomic E-state index is 9.82. The monoisotopic (exact) mass is 241 g/mol. The number of hydrogen-bond acceptors (Lipinski definition) is 2. The molecule has 2 nitrogen and oxygen atoms in total. The van der Waals surface area contributed by atoms with Gasteiger partial charge in [0.1, 0.15) is 0 Å². The Balaban J connectivity index is 2.39. The molecule has 2 unspecified atom stereocenters. The van der Waals surface area contributed by atoms with Crippen LogP contribution in [0, 0.1) is 0 Å². The fraction of sp³-hybridized carbons (Fsp3) is 0.538. The number of aliphatic hydroxyl groups excluding tert-OH is 1. The van der Waals surface area contributed by atoms with Crippen molar-refractivity contribution in [2.75, 3.05) is 0 Å². The summed E-state index contributed by atoms with van der Waals surface area (Å²) >= 11 is 5.89. The van der Waals surface area contributed by atoms with E-state index in [9.17, 15) is 5.11 Å². The second-order valence-electron chi connectivity index (χ2n) is 4.19. The van der Waals surface area contributed by atoms with Gasteiger partial charge in [0.05, 0.1) is 6.10 Å². The van der Waals surface area contributed by atoms with Gasteiger partial charge in [-0.2, -0.15) is 0 Å². The molecule has 0 heterocycles. The van der Waals surface area contributed by atoms with E-state index in [-0.39, 0.29) is 6.04 Å². The molecular weight excluding hydrogens is 222 g/mol. The molecule has 0 amide bonds. The molecule has 90 valence electrons. The molecule has 2 atom stereocenters. The molecule has 0 bridgehead atoms. The number of rotatable bonds is 6. The van der Waals surface area contributed by atoms with Crippen LogP contribution < -0.4 is 5.73 Å². The zero-order valence-corrected chi connectivity index (χ0v) is 10.5. The quantitative estimate of drug-likeness (QED) is 0.805. The van der Waals surface area contributed by atoms with Gasteiger partial charge < -0.3 is 10.8 Å². The Bertz CT molecular complexity index is 317. The molecule has 0 spiro atoms. The van der Waals surface area contributed by atoms with Crippen LogP contribution in [0.25, 0.3) is 0 Å². The van der Waals surface area contributed by atoms with Crippen LogP contribution >= 0.6 is 11.6 Å². The van der Waals surface area contributed by atoms with Crippen molar-refractivity contribution in [2.45, 2.75) is 44.8 Å². The van der Waals surface area contributed by atoms with Crippen molar-refractivity contribution in [3.8, 4) is 0 Å². The van der Waals surface area contributed by atoms with Gasteiger partial charge in [-0.3, -0.25) is 0 Å². The van der Waals surface area contributed by atoms with E-state index in [1.807, 2.05) is 24.3 Å². The summed E-state index contributed by atoms with van der Waals surface area (Å²) in [6.45, 7) is 2.07. The van der Waals surface area contributed by atoms with Gasteiger partial charge in [-0.25, -0.2) is 0 Å². The summed E-state index contributed by atoms with van der Waals surface area (Å²) in [6, 6.07) is 7.62. The zero-order chi connectivity index (χ0) is 12.0. The highest BCUT2D eigenvalue weighted by Crippen LogP contribution is 2.14. The summed E-state index contributed by atoms with van der Waals surface area (Å²) in [7, 11) is 0. The van der Waals surface area contributed by atoms with E-state index < -0.39 is 6.10 Å². The Morgan fingerprint density at radius 1 is 1.38 bits per heavy atom. The minimum Gasteiger partial charge on any atom is -0.392 e. The Labute approximate surface area is 102 Å². The van der Waals surface area contributed by atoms with E-state index in [4.69, 9.17) is 17.3 Å². The fourth-order valence-corrected chi connectivity index (χ4v) is 1.96. The van der Waals surface area contributed by atoms with Crippen LogP contribution in [0.5, 0.6) is 0 Å². The molecule has 1 aromatic rings. The number of benzene rings is 1. The van der Waals surface area contributed by atoms with Crippen LogP contribution in [0.15, 0.2) is 24.3 Å². The van der Waals surface area contributed by atoms with Crippen molar-refractivity contribution < 1.29 is 5.11 Å². The maximum Gasteiger partial charge on any atom is 0.0694 e. The van der Waals surface area contributed by atoms with Crippen molar-refractivity contribution in [1.29, 1.82) is 0 Å². The molecule has 0 saturated carbocycles. The van der Waals surface area contributed by atoms with Gasteiger partial charge in [0.25, 0.3) is 0 Å². The summed E-state index contributed by atoms with van der Waals surface area (Å²) in [4.78, 5) is 0. The topological polar surface area (TPSA) is 46.2 Å². The number of halogens is 1. The average molecular weight is 242 g/mol. The minimum atomic E-state index is -0.418. The lowest BCUT2D eigenvalue weighted by atomic mass is 10.00. The second kappa shape index (κ2) is 6.89. The molecule has 0 aliphatic heterocycles. The van der Waals surface area contributed by atoms with Gasteiger partial charge >= 0.3 is 0 Å². The Kier molecular flexibility index (Phi) is 5.81. The van der Waals surface area contributed by atoms with Crippen molar-refractivity contribution in [3.63, 3.8) is 0 Å². The SMILES string of the molecule is CCCC(N)C(O)CCc1cccc(Cl)c1. The van der Waals surface area contributed by atoms with Crippen molar-refractivity contribution >= 4 is 11.6 Å². The highest BCUT2D eigenvalue weighted by Gasteiger charge is 2.13. The van der Waals surface area contributed by atoms with Crippen LogP contribution in [-0.4, -0.2) is 17.3 Å². The standard InChI is InChI=1S/C13H20ClNO/c1-2-4-12(15)13(16)8-7-10-5-3-6-11(14)9-10/h3,5-6,9,12-13,16H,2,4,7-8,15H2,1H3. The van der Waals surface area contributed by atoms with Gasteiger partial charge in [0.2, 0.25) is 0 Å². The molecule has 16 heavy (non-hydrogen) atoms. The average Bonchev–Trinajstić information content (AvgIpc) is 2.26. The first kappa shape index (κ1) is 13.5. The molecule has 0 aliphatic rings. The molecule has 3 heteroatoms. The van der Waals surface area contributed by atoms with Gasteiger partial charge in [-0.05, 0) is 37.0 Å². The van der Waals surface area contributed by atoms with Gasteiger partial charge in [0, 0.05) is 11.1 Å². The van der Waals surface area contributed by atoms with Crippen LogP contribution in [-0.2, 0) is 6.42 Å². The zero-order valence-electron chi connectivity index (χ0n) is 9.70. The van der Waals surface area contributed by atoms with Crippen LogP contribution in [0.3, 0.4) is 0 Å². The predicted molar refractivity (Wildman–Crippen MR) is 68.7 cm³/mol. The molecular formula is C13H20ClNO. The smallest absolute Gasteiger partial charge is 0.0694 e. The number of nitrogens with two attached hydrogens (primary N) is 1. The van der Waals surface area contributed by atoms with Gasteiger partial charge in [-0.1, -0.05) is 37.1 Å². The third kappa shape index (κ3) is 4.52. The van der Waals surface area contributed by atoms with Crippen molar-refractivity contribution in [1.82, 2.24) is 0 Å².